The second kappa shape index (κ2) is 5.54. The van der Waals surface area contributed by atoms with Crippen molar-refractivity contribution in [3.8, 4) is 6.07 Å². The molecule has 0 saturated carbocycles. The lowest BCUT2D eigenvalue weighted by Gasteiger charge is -2.08. The molecule has 2 rings (SSSR count). The van der Waals surface area contributed by atoms with Gasteiger partial charge in [0.05, 0.1) is 5.56 Å². The highest BCUT2D eigenvalue weighted by Gasteiger charge is 2.05. The first kappa shape index (κ1) is 13.1. The molecule has 19 heavy (non-hydrogen) atoms. The molecule has 3 N–H and O–H groups in total. The number of hydrogen-bond donors (Lipinski definition) is 2. The van der Waals surface area contributed by atoms with Gasteiger partial charge in [-0.25, -0.2) is 14.4 Å². The lowest BCUT2D eigenvalue weighted by atomic mass is 10.2. The summed E-state index contributed by atoms with van der Waals surface area (Å²) in [5.74, 6) is 0.275. The molecule has 0 spiro atoms. The highest BCUT2D eigenvalue weighted by molar-refractivity contribution is 7.98. The van der Waals surface area contributed by atoms with E-state index in [-0.39, 0.29) is 5.56 Å². The summed E-state index contributed by atoms with van der Waals surface area (Å²) in [5.41, 5.74) is 6.18. The van der Waals surface area contributed by atoms with Crippen molar-refractivity contribution >= 4 is 29.1 Å². The Morgan fingerprint density at radius 2 is 2.16 bits per heavy atom. The molecule has 5 nitrogen and oxygen atoms in total. The van der Waals surface area contributed by atoms with Crippen LogP contribution in [0.5, 0.6) is 0 Å². The van der Waals surface area contributed by atoms with Crippen molar-refractivity contribution in [2.45, 2.75) is 5.16 Å². The summed E-state index contributed by atoms with van der Waals surface area (Å²) in [6.07, 6.45) is 1.84. The molecule has 96 valence electrons. The number of benzene rings is 1. The Balaban J connectivity index is 2.31. The summed E-state index contributed by atoms with van der Waals surface area (Å²) >= 11 is 1.36. The molecule has 0 bridgehead atoms. The summed E-state index contributed by atoms with van der Waals surface area (Å²) in [6, 6.07) is 7.50. The van der Waals surface area contributed by atoms with Gasteiger partial charge in [0.25, 0.3) is 0 Å². The molecular weight excluding hydrogens is 265 g/mol. The van der Waals surface area contributed by atoms with Gasteiger partial charge < -0.3 is 11.1 Å². The predicted molar refractivity (Wildman–Crippen MR) is 72.6 cm³/mol. The average Bonchev–Trinajstić information content (AvgIpc) is 2.40. The van der Waals surface area contributed by atoms with Crippen molar-refractivity contribution in [3.63, 3.8) is 0 Å². The van der Waals surface area contributed by atoms with Gasteiger partial charge in [-0.3, -0.25) is 0 Å². The van der Waals surface area contributed by atoms with Crippen LogP contribution in [0.2, 0.25) is 0 Å². The van der Waals surface area contributed by atoms with Crippen molar-refractivity contribution < 1.29 is 4.39 Å². The second-order valence-electron chi connectivity index (χ2n) is 3.60. The van der Waals surface area contributed by atoms with Gasteiger partial charge in [0.15, 0.2) is 5.16 Å². The number of nitrogens with two attached hydrogens (primary N) is 1. The Hall–Kier alpha value is -2.33. The van der Waals surface area contributed by atoms with Crippen LogP contribution in [0.25, 0.3) is 0 Å². The highest BCUT2D eigenvalue weighted by Crippen LogP contribution is 2.21. The van der Waals surface area contributed by atoms with Crippen LogP contribution >= 0.6 is 11.8 Å². The molecule has 0 amide bonds. The highest BCUT2D eigenvalue weighted by atomic mass is 32.2. The summed E-state index contributed by atoms with van der Waals surface area (Å²) in [5, 5.41) is 12.3. The molecule has 7 heteroatoms. The summed E-state index contributed by atoms with van der Waals surface area (Å²) in [7, 11) is 0. The van der Waals surface area contributed by atoms with Crippen LogP contribution in [0.1, 0.15) is 5.56 Å². The number of nitriles is 1. The molecule has 2 aromatic rings. The topological polar surface area (TPSA) is 87.6 Å². The van der Waals surface area contributed by atoms with Gasteiger partial charge >= 0.3 is 0 Å². The Morgan fingerprint density at radius 3 is 2.84 bits per heavy atom. The third-order valence-electron chi connectivity index (χ3n) is 2.27. The van der Waals surface area contributed by atoms with Crippen molar-refractivity contribution in [3.05, 3.63) is 35.6 Å². The average molecular weight is 275 g/mol. The quantitative estimate of drug-likeness (QED) is 0.661. The van der Waals surface area contributed by atoms with E-state index >= 15 is 0 Å². The van der Waals surface area contributed by atoms with Gasteiger partial charge in [-0.15, -0.1) is 0 Å². The number of hydrogen-bond acceptors (Lipinski definition) is 6. The fourth-order valence-electron chi connectivity index (χ4n) is 1.44. The first-order chi connectivity index (χ1) is 9.12. The van der Waals surface area contributed by atoms with E-state index < -0.39 is 5.82 Å². The van der Waals surface area contributed by atoms with E-state index in [0.29, 0.717) is 22.5 Å². The lowest BCUT2D eigenvalue weighted by molar-refractivity contribution is 0.624. The molecule has 0 aliphatic carbocycles. The van der Waals surface area contributed by atoms with E-state index in [2.05, 4.69) is 15.3 Å². The summed E-state index contributed by atoms with van der Waals surface area (Å²) in [6.45, 7) is 0. The van der Waals surface area contributed by atoms with Gasteiger partial charge in [-0.2, -0.15) is 5.26 Å². The zero-order valence-corrected chi connectivity index (χ0v) is 10.8. The SMILES string of the molecule is CSc1nc(N)cc(Nc2ccc(F)c(C#N)c2)n1. The van der Waals surface area contributed by atoms with E-state index in [4.69, 9.17) is 11.0 Å². The molecule has 0 atom stereocenters. The molecule has 0 unspecified atom stereocenters. The summed E-state index contributed by atoms with van der Waals surface area (Å²) < 4.78 is 13.2. The van der Waals surface area contributed by atoms with Gasteiger partial charge in [0.2, 0.25) is 0 Å². The van der Waals surface area contributed by atoms with E-state index in [1.807, 2.05) is 6.26 Å². The van der Waals surface area contributed by atoms with Crippen molar-refractivity contribution in [1.29, 1.82) is 5.26 Å². The van der Waals surface area contributed by atoms with E-state index in [9.17, 15) is 4.39 Å². The maximum Gasteiger partial charge on any atom is 0.191 e. The number of nitrogens with zero attached hydrogens (tertiary/aromatic N) is 3. The summed E-state index contributed by atoms with van der Waals surface area (Å²) in [4.78, 5) is 8.23. The maximum atomic E-state index is 13.2. The third kappa shape index (κ3) is 3.11. The van der Waals surface area contributed by atoms with Crippen molar-refractivity contribution in [2.24, 2.45) is 0 Å². The monoisotopic (exact) mass is 275 g/mol. The third-order valence-corrected chi connectivity index (χ3v) is 2.81. The lowest BCUT2D eigenvalue weighted by Crippen LogP contribution is -2.00. The number of thioether (sulfide) groups is 1. The molecule has 1 aromatic heterocycles. The second-order valence-corrected chi connectivity index (χ2v) is 4.37. The van der Waals surface area contributed by atoms with Gasteiger partial charge in [0.1, 0.15) is 23.5 Å². The van der Waals surface area contributed by atoms with Crippen molar-refractivity contribution in [2.75, 3.05) is 17.3 Å². The predicted octanol–water partition coefficient (Wildman–Crippen LogP) is 2.54. The van der Waals surface area contributed by atoms with Gasteiger partial charge in [-0.1, -0.05) is 11.8 Å². The van der Waals surface area contributed by atoms with Crippen molar-refractivity contribution in [1.82, 2.24) is 9.97 Å². The zero-order chi connectivity index (χ0) is 13.8. The minimum atomic E-state index is -0.556. The smallest absolute Gasteiger partial charge is 0.191 e. The molecule has 1 aromatic carbocycles. The Bertz CT molecular complexity index is 653. The Labute approximate surface area is 113 Å². The van der Waals surface area contributed by atoms with E-state index in [0.717, 1.165) is 0 Å². The fourth-order valence-corrected chi connectivity index (χ4v) is 1.82. The van der Waals surface area contributed by atoms with Gasteiger partial charge in [-0.05, 0) is 24.5 Å². The fraction of sp³-hybridized carbons (Fsp3) is 0.0833. The Kier molecular flexibility index (Phi) is 3.82. The Morgan fingerprint density at radius 1 is 1.37 bits per heavy atom. The number of rotatable bonds is 3. The van der Waals surface area contributed by atoms with Crippen LogP contribution in [-0.4, -0.2) is 16.2 Å². The number of nitrogen functional groups attached to an aromatic ring is 1. The molecular formula is C12H10FN5S. The minimum absolute atomic E-state index is 0.0304. The molecule has 0 fully saturated rings. The zero-order valence-electron chi connectivity index (χ0n) is 10.0. The normalized spacial score (nSPS) is 9.95. The number of nitrogens with one attached hydrogen (secondary N) is 1. The molecule has 1 heterocycles. The number of halogens is 1. The van der Waals surface area contributed by atoms with E-state index in [1.54, 1.807) is 12.1 Å². The standard InChI is InChI=1S/C12H10FN5S/c1-19-12-17-10(15)5-11(18-12)16-8-2-3-9(13)7(4-8)6-14/h2-5H,1H3,(H3,15,16,17,18). The minimum Gasteiger partial charge on any atom is -0.383 e. The van der Waals surface area contributed by atoms with Crippen LogP contribution in [0.3, 0.4) is 0 Å². The van der Waals surface area contributed by atoms with Crippen LogP contribution in [0.15, 0.2) is 29.4 Å². The molecule has 0 saturated heterocycles. The number of aromatic nitrogens is 2. The van der Waals surface area contributed by atoms with Gasteiger partial charge in [0, 0.05) is 11.8 Å². The first-order valence-electron chi connectivity index (χ1n) is 5.27. The molecule has 0 radical (unpaired) electrons. The number of anilines is 3. The maximum absolute atomic E-state index is 13.2. The van der Waals surface area contributed by atoms with Crippen LogP contribution in [-0.2, 0) is 0 Å². The molecule has 0 aliphatic rings. The van der Waals surface area contributed by atoms with Crippen LogP contribution in [0, 0.1) is 17.1 Å². The van der Waals surface area contributed by atoms with Crippen LogP contribution < -0.4 is 11.1 Å². The molecule has 0 aliphatic heterocycles. The van der Waals surface area contributed by atoms with E-state index in [1.165, 1.54) is 30.0 Å². The largest absolute Gasteiger partial charge is 0.383 e. The first-order valence-corrected chi connectivity index (χ1v) is 6.50. The van der Waals surface area contributed by atoms with Crippen LogP contribution in [0.4, 0.5) is 21.7 Å².